The van der Waals surface area contributed by atoms with E-state index in [1.165, 1.54) is 18.3 Å². The molecule has 0 saturated carbocycles. The van der Waals surface area contributed by atoms with Crippen LogP contribution in [0.5, 0.6) is 0 Å². The molecule has 8 nitrogen and oxygen atoms in total. The minimum absolute atomic E-state index is 0.0838. The van der Waals surface area contributed by atoms with Crippen molar-refractivity contribution in [1.82, 2.24) is 25.2 Å². The SMILES string of the molecule is Nc1ncc(-c2ccc(CS(=O)[O-])cc2)cc1-c1nnnn1-c1cccc(F)c1F. The third-order valence-electron chi connectivity index (χ3n) is 4.36. The molecule has 4 aromatic rings. The van der Waals surface area contributed by atoms with Crippen LogP contribution in [0.4, 0.5) is 14.6 Å². The number of hydrogen-bond donors (Lipinski definition) is 1. The summed E-state index contributed by atoms with van der Waals surface area (Å²) in [6, 6.07) is 12.2. The highest BCUT2D eigenvalue weighted by Gasteiger charge is 2.19. The Morgan fingerprint density at radius 2 is 1.87 bits per heavy atom. The third kappa shape index (κ3) is 3.80. The first-order valence-electron chi connectivity index (χ1n) is 8.58. The van der Waals surface area contributed by atoms with E-state index in [0.29, 0.717) is 16.7 Å². The lowest BCUT2D eigenvalue weighted by molar-refractivity contribution is 0.501. The van der Waals surface area contributed by atoms with E-state index >= 15 is 0 Å². The molecule has 2 heterocycles. The lowest BCUT2D eigenvalue weighted by atomic mass is 10.0. The fourth-order valence-corrected chi connectivity index (χ4v) is 3.38. The molecule has 2 N–H and O–H groups in total. The maximum absolute atomic E-state index is 14.3. The summed E-state index contributed by atoms with van der Waals surface area (Å²) < 4.78 is 50.6. The van der Waals surface area contributed by atoms with Crippen molar-refractivity contribution in [3.8, 4) is 28.2 Å². The van der Waals surface area contributed by atoms with E-state index < -0.39 is 22.7 Å². The van der Waals surface area contributed by atoms with Crippen LogP contribution in [0, 0.1) is 11.6 Å². The molecule has 0 bridgehead atoms. The van der Waals surface area contributed by atoms with E-state index in [1.54, 1.807) is 30.3 Å². The van der Waals surface area contributed by atoms with Crippen molar-refractivity contribution >= 4 is 16.9 Å². The quantitative estimate of drug-likeness (QED) is 0.486. The molecular weight excluding hydrogens is 414 g/mol. The Labute approximate surface area is 171 Å². The molecule has 0 aliphatic rings. The van der Waals surface area contributed by atoms with Gasteiger partial charge in [0.05, 0.1) is 5.56 Å². The zero-order valence-corrected chi connectivity index (χ0v) is 16.0. The van der Waals surface area contributed by atoms with Gasteiger partial charge in [0.1, 0.15) is 11.5 Å². The number of nitrogens with two attached hydrogens (primary N) is 1. The van der Waals surface area contributed by atoms with Crippen molar-refractivity contribution in [3.05, 3.63) is 71.9 Å². The van der Waals surface area contributed by atoms with Gasteiger partial charge in [-0.3, -0.25) is 4.21 Å². The van der Waals surface area contributed by atoms with Gasteiger partial charge in [-0.2, -0.15) is 4.68 Å². The summed E-state index contributed by atoms with van der Waals surface area (Å²) in [7, 11) is 0. The molecule has 4 rings (SSSR count). The van der Waals surface area contributed by atoms with Crippen molar-refractivity contribution in [3.63, 3.8) is 0 Å². The maximum atomic E-state index is 14.3. The number of hydrogen-bond acceptors (Lipinski definition) is 7. The van der Waals surface area contributed by atoms with Crippen molar-refractivity contribution in [2.45, 2.75) is 5.75 Å². The Balaban J connectivity index is 1.76. The Bertz CT molecular complexity index is 1250. The van der Waals surface area contributed by atoms with E-state index in [1.807, 2.05) is 0 Å². The molecule has 152 valence electrons. The number of tetrazole rings is 1. The highest BCUT2D eigenvalue weighted by atomic mass is 32.2. The van der Waals surface area contributed by atoms with Gasteiger partial charge >= 0.3 is 0 Å². The van der Waals surface area contributed by atoms with Crippen LogP contribution in [0.3, 0.4) is 0 Å². The summed E-state index contributed by atoms with van der Waals surface area (Å²) in [6.07, 6.45) is 1.54. The fourth-order valence-electron chi connectivity index (χ4n) is 2.92. The lowest BCUT2D eigenvalue weighted by Gasteiger charge is -2.10. The Morgan fingerprint density at radius 3 is 2.60 bits per heavy atom. The van der Waals surface area contributed by atoms with E-state index in [-0.39, 0.29) is 23.1 Å². The first-order chi connectivity index (χ1) is 14.4. The van der Waals surface area contributed by atoms with Gasteiger partial charge in [-0.25, -0.2) is 13.8 Å². The monoisotopic (exact) mass is 427 g/mol. The van der Waals surface area contributed by atoms with Crippen LogP contribution >= 0.6 is 0 Å². The Hall–Kier alpha value is -3.57. The van der Waals surface area contributed by atoms with Gasteiger partial charge in [0.15, 0.2) is 17.5 Å². The fraction of sp³-hybridized carbons (Fsp3) is 0.0526. The van der Waals surface area contributed by atoms with Crippen molar-refractivity contribution in [2.24, 2.45) is 0 Å². The van der Waals surface area contributed by atoms with Crippen molar-refractivity contribution < 1.29 is 17.5 Å². The van der Waals surface area contributed by atoms with Gasteiger partial charge in [0.2, 0.25) is 0 Å². The number of halogens is 2. The average Bonchev–Trinajstić information content (AvgIpc) is 3.20. The standard InChI is InChI=1S/C19H14F2N6O2S/c20-15-2-1-3-16(17(15)21)27-19(24-25-26-27)14-8-13(9-23-18(14)22)12-6-4-11(5-7-12)10-30(28)29/h1-9H,10H2,(H2,22,23)(H,28,29)/p-1. The summed E-state index contributed by atoms with van der Waals surface area (Å²) in [4.78, 5) is 4.16. The van der Waals surface area contributed by atoms with Gasteiger partial charge < -0.3 is 10.3 Å². The summed E-state index contributed by atoms with van der Waals surface area (Å²) in [6.45, 7) is 0. The molecule has 0 radical (unpaired) electrons. The van der Waals surface area contributed by atoms with Gasteiger partial charge in [0, 0.05) is 17.5 Å². The number of pyridine rings is 1. The Morgan fingerprint density at radius 1 is 1.10 bits per heavy atom. The topological polar surface area (TPSA) is 123 Å². The molecular formula is C19H13F2N6O2S-. The van der Waals surface area contributed by atoms with Crippen LogP contribution in [0.25, 0.3) is 28.2 Å². The zero-order chi connectivity index (χ0) is 21.3. The molecule has 2 aromatic carbocycles. The number of benzene rings is 2. The highest BCUT2D eigenvalue weighted by Crippen LogP contribution is 2.30. The number of aromatic nitrogens is 5. The minimum Gasteiger partial charge on any atom is -0.772 e. The van der Waals surface area contributed by atoms with E-state index in [4.69, 9.17) is 5.73 Å². The highest BCUT2D eigenvalue weighted by molar-refractivity contribution is 7.78. The molecule has 1 atom stereocenters. The van der Waals surface area contributed by atoms with E-state index in [0.717, 1.165) is 16.3 Å². The first kappa shape index (κ1) is 19.7. The molecule has 0 aliphatic carbocycles. The average molecular weight is 427 g/mol. The summed E-state index contributed by atoms with van der Waals surface area (Å²) in [5.74, 6) is -2.03. The van der Waals surface area contributed by atoms with Crippen LogP contribution in [-0.4, -0.2) is 34.0 Å². The smallest absolute Gasteiger partial charge is 0.190 e. The van der Waals surface area contributed by atoms with Crippen LogP contribution in [0.15, 0.2) is 54.7 Å². The molecule has 0 spiro atoms. The minimum atomic E-state index is -2.18. The predicted molar refractivity (Wildman–Crippen MR) is 105 cm³/mol. The summed E-state index contributed by atoms with van der Waals surface area (Å²) in [5, 5.41) is 11.2. The second-order valence-corrected chi connectivity index (χ2v) is 7.19. The molecule has 0 fully saturated rings. The van der Waals surface area contributed by atoms with Crippen LogP contribution < -0.4 is 5.73 Å². The van der Waals surface area contributed by atoms with Crippen LogP contribution in [-0.2, 0) is 16.8 Å². The number of rotatable bonds is 5. The molecule has 2 aromatic heterocycles. The molecule has 30 heavy (non-hydrogen) atoms. The molecule has 0 aliphatic heterocycles. The largest absolute Gasteiger partial charge is 0.772 e. The molecule has 0 saturated heterocycles. The number of anilines is 1. The third-order valence-corrected chi connectivity index (χ3v) is 4.93. The molecule has 0 amide bonds. The second kappa shape index (κ2) is 8.05. The lowest BCUT2D eigenvalue weighted by Crippen LogP contribution is -2.06. The van der Waals surface area contributed by atoms with Gasteiger partial charge in [0.25, 0.3) is 0 Å². The Kier molecular flexibility index (Phi) is 5.29. The van der Waals surface area contributed by atoms with E-state index in [2.05, 4.69) is 20.5 Å². The normalized spacial score (nSPS) is 12.1. The second-order valence-electron chi connectivity index (χ2n) is 6.29. The van der Waals surface area contributed by atoms with Crippen LogP contribution in [0.2, 0.25) is 0 Å². The van der Waals surface area contributed by atoms with E-state index in [9.17, 15) is 17.5 Å². The van der Waals surface area contributed by atoms with Crippen molar-refractivity contribution in [2.75, 3.05) is 5.73 Å². The maximum Gasteiger partial charge on any atom is 0.190 e. The number of nitrogen functional groups attached to an aromatic ring is 1. The van der Waals surface area contributed by atoms with Crippen LogP contribution in [0.1, 0.15) is 5.56 Å². The molecule has 1 unspecified atom stereocenters. The summed E-state index contributed by atoms with van der Waals surface area (Å²) in [5.41, 5.74) is 8.20. The van der Waals surface area contributed by atoms with Gasteiger partial charge in [-0.05, 0) is 39.8 Å². The predicted octanol–water partition coefficient (Wildman–Crippen LogP) is 2.63. The number of nitrogens with zero attached hydrogens (tertiary/aromatic N) is 5. The van der Waals surface area contributed by atoms with Crippen molar-refractivity contribution in [1.29, 1.82) is 0 Å². The first-order valence-corrected chi connectivity index (χ1v) is 9.82. The molecule has 11 heteroatoms. The van der Waals surface area contributed by atoms with Gasteiger partial charge in [-0.15, -0.1) is 5.10 Å². The summed E-state index contributed by atoms with van der Waals surface area (Å²) >= 11 is -2.18. The van der Waals surface area contributed by atoms with Gasteiger partial charge in [-0.1, -0.05) is 41.4 Å². The zero-order valence-electron chi connectivity index (χ0n) is 15.2.